The summed E-state index contributed by atoms with van der Waals surface area (Å²) in [4.78, 5) is 15.1. The summed E-state index contributed by atoms with van der Waals surface area (Å²) in [5, 5.41) is 0.593. The molecule has 4 rings (SSSR count). The minimum Gasteiger partial charge on any atom is -0.354 e. The van der Waals surface area contributed by atoms with Crippen molar-refractivity contribution in [2.45, 2.75) is 19.6 Å². The fourth-order valence-corrected chi connectivity index (χ4v) is 5.09. The third-order valence-electron chi connectivity index (χ3n) is 5.36. The highest BCUT2D eigenvalue weighted by atomic mass is 35.5. The van der Waals surface area contributed by atoms with Crippen LogP contribution in [0.15, 0.2) is 43.0 Å². The molecule has 2 aromatic heterocycles. The van der Waals surface area contributed by atoms with Crippen LogP contribution < -0.4 is 4.90 Å². The van der Waals surface area contributed by atoms with E-state index in [4.69, 9.17) is 11.6 Å². The number of hydrogen-bond donors (Lipinski definition) is 0. The van der Waals surface area contributed by atoms with Crippen molar-refractivity contribution < 1.29 is 8.42 Å². The average molecular weight is 447 g/mol. The van der Waals surface area contributed by atoms with Gasteiger partial charge in [-0.3, -0.25) is 4.57 Å². The molecular formula is C20H23ClN6O2S. The number of halogens is 1. The maximum absolute atomic E-state index is 12.8. The van der Waals surface area contributed by atoms with Gasteiger partial charge in [0.05, 0.1) is 11.4 Å². The van der Waals surface area contributed by atoms with Crippen LogP contribution in [0.25, 0.3) is 5.82 Å². The topological polar surface area (TPSA) is 84.2 Å². The lowest BCUT2D eigenvalue weighted by Gasteiger charge is -2.34. The molecule has 30 heavy (non-hydrogen) atoms. The Bertz CT molecular complexity index is 1140. The van der Waals surface area contributed by atoms with Crippen molar-refractivity contribution in [3.63, 3.8) is 0 Å². The third-order valence-corrected chi connectivity index (χ3v) is 7.46. The molecule has 8 nitrogen and oxygen atoms in total. The number of hydrogen-bond acceptors (Lipinski definition) is 6. The highest BCUT2D eigenvalue weighted by molar-refractivity contribution is 7.88. The highest BCUT2D eigenvalue weighted by Crippen LogP contribution is 2.20. The van der Waals surface area contributed by atoms with E-state index < -0.39 is 10.0 Å². The monoisotopic (exact) mass is 446 g/mol. The smallest absolute Gasteiger partial charge is 0.218 e. The first-order valence-electron chi connectivity index (χ1n) is 9.64. The van der Waals surface area contributed by atoms with Gasteiger partial charge in [-0.25, -0.2) is 23.4 Å². The van der Waals surface area contributed by atoms with Crippen LogP contribution in [-0.4, -0.2) is 58.4 Å². The molecule has 158 valence electrons. The molecule has 0 unspecified atom stereocenters. The van der Waals surface area contributed by atoms with Gasteiger partial charge in [0.25, 0.3) is 0 Å². The normalized spacial score (nSPS) is 15.5. The lowest BCUT2D eigenvalue weighted by atomic mass is 10.2. The number of anilines is 1. The Hall–Kier alpha value is -2.49. The number of piperazine rings is 1. The van der Waals surface area contributed by atoms with Crippen molar-refractivity contribution in [2.75, 3.05) is 31.1 Å². The second-order valence-corrected chi connectivity index (χ2v) is 9.69. The second kappa shape index (κ2) is 8.33. The van der Waals surface area contributed by atoms with E-state index in [1.54, 1.807) is 34.9 Å². The lowest BCUT2D eigenvalue weighted by Crippen LogP contribution is -2.49. The van der Waals surface area contributed by atoms with E-state index in [-0.39, 0.29) is 5.75 Å². The van der Waals surface area contributed by atoms with Gasteiger partial charge in [-0.15, -0.1) is 0 Å². The minimum absolute atomic E-state index is 0.0267. The maximum Gasteiger partial charge on any atom is 0.218 e. The lowest BCUT2D eigenvalue weighted by molar-refractivity contribution is 0.383. The van der Waals surface area contributed by atoms with Crippen molar-refractivity contribution in [1.29, 1.82) is 0 Å². The largest absolute Gasteiger partial charge is 0.354 e. The molecule has 0 atom stereocenters. The molecule has 0 N–H and O–H groups in total. The molecule has 0 spiro atoms. The average Bonchev–Trinajstić information content (AvgIpc) is 3.08. The van der Waals surface area contributed by atoms with Crippen LogP contribution in [0, 0.1) is 13.8 Å². The van der Waals surface area contributed by atoms with Gasteiger partial charge in [0.15, 0.2) is 0 Å². The summed E-state index contributed by atoms with van der Waals surface area (Å²) in [6, 6.07) is 8.82. The number of aromatic nitrogens is 4. The van der Waals surface area contributed by atoms with Crippen molar-refractivity contribution in [2.24, 2.45) is 0 Å². The van der Waals surface area contributed by atoms with Gasteiger partial charge in [0.1, 0.15) is 24.3 Å². The first-order valence-corrected chi connectivity index (χ1v) is 11.6. The molecule has 1 saturated heterocycles. The number of imidazole rings is 1. The zero-order valence-corrected chi connectivity index (χ0v) is 18.4. The van der Waals surface area contributed by atoms with Gasteiger partial charge in [-0.1, -0.05) is 23.7 Å². The molecule has 3 aromatic rings. The van der Waals surface area contributed by atoms with Gasteiger partial charge in [-0.2, -0.15) is 4.31 Å². The summed E-state index contributed by atoms with van der Waals surface area (Å²) < 4.78 is 29.1. The number of benzene rings is 1. The standard InChI is InChI=1S/C20H23ClN6O2S/c1-15-16(2)27(14-24-15)20-11-19(22-13-23-20)25-7-9-26(10-8-25)30(28,29)12-17-3-5-18(21)6-4-17/h3-6,11,13-14H,7-10,12H2,1-2H3. The van der Waals surface area contributed by atoms with E-state index in [0.717, 1.165) is 28.6 Å². The van der Waals surface area contributed by atoms with Crippen LogP contribution in [0.5, 0.6) is 0 Å². The zero-order valence-electron chi connectivity index (χ0n) is 16.9. The molecule has 0 saturated carbocycles. The first-order chi connectivity index (χ1) is 14.3. The quantitative estimate of drug-likeness (QED) is 0.599. The van der Waals surface area contributed by atoms with Crippen molar-refractivity contribution in [3.05, 3.63) is 65.0 Å². The van der Waals surface area contributed by atoms with Crippen LogP contribution in [0.2, 0.25) is 5.02 Å². The summed E-state index contributed by atoms with van der Waals surface area (Å²) >= 11 is 5.89. The molecule has 1 aromatic carbocycles. The maximum atomic E-state index is 12.8. The van der Waals surface area contributed by atoms with Gasteiger partial charge in [0, 0.05) is 43.0 Å². The summed E-state index contributed by atoms with van der Waals surface area (Å²) in [7, 11) is -3.39. The van der Waals surface area contributed by atoms with Crippen LogP contribution in [0.4, 0.5) is 5.82 Å². The molecule has 0 aliphatic carbocycles. The molecule has 0 bridgehead atoms. The summed E-state index contributed by atoms with van der Waals surface area (Å²) in [5.41, 5.74) is 2.71. The van der Waals surface area contributed by atoms with Crippen LogP contribution in [-0.2, 0) is 15.8 Å². The molecular weight excluding hydrogens is 424 g/mol. The Labute approximate surface area is 181 Å². The van der Waals surface area contributed by atoms with E-state index in [1.165, 1.54) is 6.33 Å². The van der Waals surface area contributed by atoms with E-state index in [9.17, 15) is 8.42 Å². The Morgan fingerprint density at radius 1 is 0.967 bits per heavy atom. The van der Waals surface area contributed by atoms with Gasteiger partial charge < -0.3 is 4.90 Å². The van der Waals surface area contributed by atoms with Crippen LogP contribution >= 0.6 is 11.6 Å². The fraction of sp³-hybridized carbons (Fsp3) is 0.350. The summed E-state index contributed by atoms with van der Waals surface area (Å²) in [6.07, 6.45) is 3.28. The van der Waals surface area contributed by atoms with Gasteiger partial charge in [0.2, 0.25) is 10.0 Å². The van der Waals surface area contributed by atoms with Gasteiger partial charge in [-0.05, 0) is 31.5 Å². The Balaban J connectivity index is 1.44. The number of nitrogens with zero attached hydrogens (tertiary/aromatic N) is 6. The van der Waals surface area contributed by atoms with E-state index in [1.807, 2.05) is 24.5 Å². The Morgan fingerprint density at radius 3 is 2.27 bits per heavy atom. The second-order valence-electron chi connectivity index (χ2n) is 7.29. The number of aryl methyl sites for hydroxylation is 1. The first kappa shape index (κ1) is 20.8. The molecule has 10 heteroatoms. The fourth-order valence-electron chi connectivity index (χ4n) is 3.45. The molecule has 1 aliphatic heterocycles. The highest BCUT2D eigenvalue weighted by Gasteiger charge is 2.28. The van der Waals surface area contributed by atoms with Crippen LogP contribution in [0.1, 0.15) is 17.0 Å². The van der Waals surface area contributed by atoms with Crippen molar-refractivity contribution in [3.8, 4) is 5.82 Å². The Kier molecular flexibility index (Phi) is 5.77. The zero-order chi connectivity index (χ0) is 21.3. The van der Waals surface area contributed by atoms with Crippen molar-refractivity contribution >= 4 is 27.4 Å². The minimum atomic E-state index is -3.39. The molecule has 1 fully saturated rings. The van der Waals surface area contributed by atoms with Gasteiger partial charge >= 0.3 is 0 Å². The predicted molar refractivity (Wildman–Crippen MR) is 116 cm³/mol. The van der Waals surface area contributed by atoms with Crippen molar-refractivity contribution in [1.82, 2.24) is 23.8 Å². The Morgan fingerprint density at radius 2 is 1.63 bits per heavy atom. The SMILES string of the molecule is Cc1ncn(-c2cc(N3CCN(S(=O)(=O)Cc4ccc(Cl)cc4)CC3)ncn2)c1C. The molecule has 1 aliphatic rings. The number of rotatable bonds is 5. The van der Waals surface area contributed by atoms with E-state index in [2.05, 4.69) is 19.9 Å². The number of sulfonamides is 1. The molecule has 3 heterocycles. The summed E-state index contributed by atoms with van der Waals surface area (Å²) in [6.45, 7) is 5.92. The molecule has 0 radical (unpaired) electrons. The summed E-state index contributed by atoms with van der Waals surface area (Å²) in [5.74, 6) is 1.50. The third kappa shape index (κ3) is 4.33. The predicted octanol–water partition coefficient (Wildman–Crippen LogP) is 2.58. The van der Waals surface area contributed by atoms with E-state index in [0.29, 0.717) is 31.2 Å². The van der Waals surface area contributed by atoms with Crippen LogP contribution in [0.3, 0.4) is 0 Å². The molecule has 0 amide bonds. The van der Waals surface area contributed by atoms with E-state index >= 15 is 0 Å².